The molecule has 1 heterocycles. The number of carbonyl (C=O) groups excluding carboxylic acids is 1. The number of carboxylic acids is 1. The van der Waals surface area contributed by atoms with E-state index in [4.69, 9.17) is 14.6 Å². The lowest BCUT2D eigenvalue weighted by molar-refractivity contribution is -0.149. The fourth-order valence-corrected chi connectivity index (χ4v) is 1.83. The largest absolute Gasteiger partial charge is 0.481 e. The predicted molar refractivity (Wildman–Crippen MR) is 64.3 cm³/mol. The molecule has 0 aromatic heterocycles. The van der Waals surface area contributed by atoms with E-state index in [1.54, 1.807) is 20.8 Å². The molecule has 18 heavy (non-hydrogen) atoms. The van der Waals surface area contributed by atoms with E-state index in [0.717, 1.165) is 0 Å². The first-order valence-corrected chi connectivity index (χ1v) is 6.07. The number of ether oxygens (including phenoxy) is 2. The van der Waals surface area contributed by atoms with Gasteiger partial charge in [-0.25, -0.2) is 4.79 Å². The zero-order valence-electron chi connectivity index (χ0n) is 11.1. The van der Waals surface area contributed by atoms with Gasteiger partial charge < -0.3 is 19.9 Å². The molecule has 0 aromatic carbocycles. The van der Waals surface area contributed by atoms with Gasteiger partial charge >= 0.3 is 12.1 Å². The fraction of sp³-hybridized carbons (Fsp3) is 0.833. The number of amides is 1. The van der Waals surface area contributed by atoms with Crippen LogP contribution in [0.1, 0.15) is 27.2 Å². The standard InChI is InChI=1S/C12H21NO5/c1-12(2,3)18-11(16)13-6-8-4-5-17-7-9(8)10(14)15/h8-9H,4-7H2,1-3H3,(H,13,16)(H,14,15). The summed E-state index contributed by atoms with van der Waals surface area (Å²) < 4.78 is 10.2. The Bertz CT molecular complexity index is 310. The van der Waals surface area contributed by atoms with Gasteiger partial charge in [0, 0.05) is 13.2 Å². The molecule has 2 atom stereocenters. The molecule has 0 saturated carbocycles. The Morgan fingerprint density at radius 1 is 1.44 bits per heavy atom. The number of carbonyl (C=O) groups is 2. The number of hydrogen-bond donors (Lipinski definition) is 2. The van der Waals surface area contributed by atoms with Gasteiger partial charge in [0.1, 0.15) is 5.60 Å². The number of hydrogen-bond acceptors (Lipinski definition) is 4. The van der Waals surface area contributed by atoms with Crippen molar-refractivity contribution in [3.8, 4) is 0 Å². The molecular formula is C12H21NO5. The Hall–Kier alpha value is -1.30. The van der Waals surface area contributed by atoms with Crippen molar-refractivity contribution in [2.45, 2.75) is 32.8 Å². The van der Waals surface area contributed by atoms with Gasteiger partial charge in [-0.1, -0.05) is 0 Å². The van der Waals surface area contributed by atoms with Crippen molar-refractivity contribution in [2.24, 2.45) is 11.8 Å². The first-order valence-electron chi connectivity index (χ1n) is 6.07. The lowest BCUT2D eigenvalue weighted by Crippen LogP contribution is -2.42. The van der Waals surface area contributed by atoms with Crippen LogP contribution in [0.25, 0.3) is 0 Å². The average Bonchev–Trinajstić information content (AvgIpc) is 2.24. The summed E-state index contributed by atoms with van der Waals surface area (Å²) in [5.41, 5.74) is -0.550. The van der Waals surface area contributed by atoms with E-state index in [-0.39, 0.29) is 12.5 Å². The average molecular weight is 259 g/mol. The van der Waals surface area contributed by atoms with Crippen LogP contribution in [0.2, 0.25) is 0 Å². The van der Waals surface area contributed by atoms with Crippen LogP contribution in [0, 0.1) is 11.8 Å². The van der Waals surface area contributed by atoms with E-state index in [0.29, 0.717) is 19.6 Å². The fourth-order valence-electron chi connectivity index (χ4n) is 1.83. The van der Waals surface area contributed by atoms with Gasteiger partial charge in [0.05, 0.1) is 12.5 Å². The molecule has 1 rings (SSSR count). The Morgan fingerprint density at radius 3 is 2.67 bits per heavy atom. The van der Waals surface area contributed by atoms with Crippen molar-refractivity contribution in [3.05, 3.63) is 0 Å². The minimum atomic E-state index is -0.884. The first-order chi connectivity index (χ1) is 8.29. The highest BCUT2D eigenvalue weighted by atomic mass is 16.6. The zero-order valence-corrected chi connectivity index (χ0v) is 11.1. The molecule has 1 aliphatic rings. The summed E-state index contributed by atoms with van der Waals surface area (Å²) in [6.07, 6.45) is 0.116. The predicted octanol–water partition coefficient (Wildman–Crippen LogP) is 1.25. The second kappa shape index (κ2) is 6.04. The van der Waals surface area contributed by atoms with Gasteiger partial charge in [0.25, 0.3) is 0 Å². The quantitative estimate of drug-likeness (QED) is 0.796. The van der Waals surface area contributed by atoms with Crippen molar-refractivity contribution in [3.63, 3.8) is 0 Å². The third kappa shape index (κ3) is 4.91. The van der Waals surface area contributed by atoms with Crippen LogP contribution in [0.5, 0.6) is 0 Å². The molecule has 104 valence electrons. The first kappa shape index (κ1) is 14.8. The molecule has 1 aliphatic heterocycles. The Labute approximate surface area is 107 Å². The maximum atomic E-state index is 11.5. The SMILES string of the molecule is CC(C)(C)OC(=O)NCC1CCOCC1C(=O)O. The second-order valence-electron chi connectivity index (χ2n) is 5.45. The third-order valence-electron chi connectivity index (χ3n) is 2.72. The van der Waals surface area contributed by atoms with E-state index in [9.17, 15) is 9.59 Å². The maximum Gasteiger partial charge on any atom is 0.407 e. The molecule has 0 aromatic rings. The molecule has 1 amide bonds. The van der Waals surface area contributed by atoms with E-state index >= 15 is 0 Å². The van der Waals surface area contributed by atoms with Crippen LogP contribution in [-0.4, -0.2) is 42.5 Å². The molecular weight excluding hydrogens is 238 g/mol. The smallest absolute Gasteiger partial charge is 0.407 e. The van der Waals surface area contributed by atoms with E-state index in [1.165, 1.54) is 0 Å². The van der Waals surface area contributed by atoms with Crippen molar-refractivity contribution in [2.75, 3.05) is 19.8 Å². The van der Waals surface area contributed by atoms with Gasteiger partial charge in [0.15, 0.2) is 0 Å². The minimum Gasteiger partial charge on any atom is -0.481 e. The molecule has 1 saturated heterocycles. The molecule has 6 nitrogen and oxygen atoms in total. The lowest BCUT2D eigenvalue weighted by Gasteiger charge is -2.29. The van der Waals surface area contributed by atoms with Crippen molar-refractivity contribution in [1.82, 2.24) is 5.32 Å². The Kier molecular flexibility index (Phi) is 4.95. The topological polar surface area (TPSA) is 84.9 Å². The zero-order chi connectivity index (χ0) is 13.8. The van der Waals surface area contributed by atoms with Crippen LogP contribution in [0.15, 0.2) is 0 Å². The van der Waals surface area contributed by atoms with Crippen LogP contribution < -0.4 is 5.32 Å². The maximum absolute atomic E-state index is 11.5. The van der Waals surface area contributed by atoms with Crippen LogP contribution >= 0.6 is 0 Å². The van der Waals surface area contributed by atoms with Gasteiger partial charge in [0.2, 0.25) is 0 Å². The highest BCUT2D eigenvalue weighted by molar-refractivity contribution is 5.71. The molecule has 1 fully saturated rings. The number of alkyl carbamates (subject to hydrolysis) is 1. The van der Waals surface area contributed by atoms with Gasteiger partial charge in [-0.2, -0.15) is 0 Å². The highest BCUT2D eigenvalue weighted by Gasteiger charge is 2.32. The summed E-state index contributed by atoms with van der Waals surface area (Å²) in [4.78, 5) is 22.5. The summed E-state index contributed by atoms with van der Waals surface area (Å²) in [5.74, 6) is -1.55. The third-order valence-corrected chi connectivity index (χ3v) is 2.72. The van der Waals surface area contributed by atoms with E-state index in [1.807, 2.05) is 0 Å². The second-order valence-corrected chi connectivity index (χ2v) is 5.45. The summed E-state index contributed by atoms with van der Waals surface area (Å²) in [5, 5.41) is 11.7. The van der Waals surface area contributed by atoms with Crippen LogP contribution in [0.3, 0.4) is 0 Å². The van der Waals surface area contributed by atoms with Crippen molar-refractivity contribution in [1.29, 1.82) is 0 Å². The van der Waals surface area contributed by atoms with Crippen molar-refractivity contribution < 1.29 is 24.2 Å². The number of nitrogens with one attached hydrogen (secondary N) is 1. The summed E-state index contributed by atoms with van der Waals surface area (Å²) in [7, 11) is 0. The van der Waals surface area contributed by atoms with E-state index in [2.05, 4.69) is 5.32 Å². The highest BCUT2D eigenvalue weighted by Crippen LogP contribution is 2.21. The van der Waals surface area contributed by atoms with Crippen LogP contribution in [0.4, 0.5) is 4.79 Å². The normalized spacial score (nSPS) is 24.4. The van der Waals surface area contributed by atoms with Gasteiger partial charge in [-0.15, -0.1) is 0 Å². The number of carboxylic acid groups (broad SMARTS) is 1. The number of aliphatic carboxylic acids is 1. The molecule has 6 heteroatoms. The number of rotatable bonds is 3. The summed E-state index contributed by atoms with van der Waals surface area (Å²) in [6.45, 7) is 6.37. The Balaban J connectivity index is 2.41. The van der Waals surface area contributed by atoms with Gasteiger partial charge in [-0.05, 0) is 33.1 Å². The molecule has 2 unspecified atom stereocenters. The van der Waals surface area contributed by atoms with Crippen molar-refractivity contribution >= 4 is 12.1 Å². The minimum absolute atomic E-state index is 0.108. The Morgan fingerprint density at radius 2 is 2.11 bits per heavy atom. The summed E-state index contributed by atoms with van der Waals surface area (Å²) in [6, 6.07) is 0. The molecule has 0 spiro atoms. The molecule has 2 N–H and O–H groups in total. The van der Waals surface area contributed by atoms with Gasteiger partial charge in [-0.3, -0.25) is 4.79 Å². The monoisotopic (exact) mass is 259 g/mol. The molecule has 0 radical (unpaired) electrons. The van der Waals surface area contributed by atoms with E-state index < -0.39 is 23.6 Å². The summed E-state index contributed by atoms with van der Waals surface area (Å²) >= 11 is 0. The molecule has 0 bridgehead atoms. The lowest BCUT2D eigenvalue weighted by atomic mass is 9.88. The van der Waals surface area contributed by atoms with Crippen LogP contribution in [-0.2, 0) is 14.3 Å². The molecule has 0 aliphatic carbocycles.